The van der Waals surface area contributed by atoms with E-state index in [9.17, 15) is 13.2 Å². The van der Waals surface area contributed by atoms with Crippen LogP contribution in [-0.4, -0.2) is 44.6 Å². The third-order valence-electron chi connectivity index (χ3n) is 5.24. The third kappa shape index (κ3) is 4.15. The van der Waals surface area contributed by atoms with Gasteiger partial charge in [0.1, 0.15) is 5.69 Å². The molecule has 0 aliphatic heterocycles. The molecule has 0 radical (unpaired) electrons. The van der Waals surface area contributed by atoms with Crippen molar-refractivity contribution in [2.24, 2.45) is 12.8 Å². The molecule has 0 unspecified atom stereocenters. The minimum atomic E-state index is -3.93. The molecule has 33 heavy (non-hydrogen) atoms. The van der Waals surface area contributed by atoms with E-state index < -0.39 is 10.0 Å². The van der Waals surface area contributed by atoms with E-state index in [0.717, 1.165) is 21.8 Å². The molecular weight excluding hydrogens is 446 g/mol. The number of ether oxygens (including phenoxy) is 2. The normalized spacial score (nSPS) is 11.5. The van der Waals surface area contributed by atoms with Crippen LogP contribution in [0.1, 0.15) is 0 Å². The Morgan fingerprint density at radius 1 is 1.03 bits per heavy atom. The smallest absolute Gasteiger partial charge is 0.262 e. The van der Waals surface area contributed by atoms with Crippen LogP contribution in [0.15, 0.2) is 53.4 Å². The molecule has 0 spiro atoms. The summed E-state index contributed by atoms with van der Waals surface area (Å²) in [6.45, 7) is -0.115. The maximum absolute atomic E-state index is 13.1. The van der Waals surface area contributed by atoms with Gasteiger partial charge in [0.25, 0.3) is 10.0 Å². The maximum atomic E-state index is 13.1. The van der Waals surface area contributed by atoms with Crippen molar-refractivity contribution in [2.45, 2.75) is 4.90 Å². The highest BCUT2D eigenvalue weighted by Gasteiger charge is 2.20. The molecule has 172 valence electrons. The van der Waals surface area contributed by atoms with Crippen molar-refractivity contribution in [3.63, 3.8) is 0 Å². The molecule has 2 aromatic carbocycles. The lowest BCUT2D eigenvalue weighted by atomic mass is 10.1. The molecule has 0 saturated heterocycles. The van der Waals surface area contributed by atoms with Gasteiger partial charge in [-0.2, -0.15) is 4.98 Å². The number of nitrogens with zero attached hydrogens (tertiary/aromatic N) is 2. The van der Waals surface area contributed by atoms with Crippen molar-refractivity contribution in [1.29, 1.82) is 0 Å². The molecule has 0 aliphatic carbocycles. The van der Waals surface area contributed by atoms with Crippen LogP contribution in [0.25, 0.3) is 21.8 Å². The van der Waals surface area contributed by atoms with Crippen molar-refractivity contribution in [1.82, 2.24) is 9.55 Å². The van der Waals surface area contributed by atoms with Crippen LogP contribution in [0, 0.1) is 0 Å². The van der Waals surface area contributed by atoms with Crippen molar-refractivity contribution < 1.29 is 22.7 Å². The Balaban J connectivity index is 1.75. The van der Waals surface area contributed by atoms with E-state index in [-0.39, 0.29) is 28.9 Å². The van der Waals surface area contributed by atoms with Crippen LogP contribution in [0.4, 0.5) is 11.4 Å². The molecule has 10 nitrogen and oxygen atoms in total. The summed E-state index contributed by atoms with van der Waals surface area (Å²) in [6.07, 6.45) is 0. The summed E-state index contributed by atoms with van der Waals surface area (Å²) >= 11 is 0. The zero-order chi connectivity index (χ0) is 23.8. The van der Waals surface area contributed by atoms with Gasteiger partial charge in [-0.1, -0.05) is 6.07 Å². The molecule has 2 heterocycles. The number of methoxy groups -OCH3 is 2. The molecule has 4 N–H and O–H groups in total. The number of rotatable bonds is 7. The second-order valence-electron chi connectivity index (χ2n) is 7.24. The van der Waals surface area contributed by atoms with E-state index in [0.29, 0.717) is 11.6 Å². The number of benzene rings is 2. The number of nitrogens with two attached hydrogens (primary N) is 1. The molecule has 0 atom stereocenters. The number of fused-ring (bicyclic) bond motifs is 3. The summed E-state index contributed by atoms with van der Waals surface area (Å²) < 4.78 is 41.0. The standard InChI is InChI=1S/C22H23N5O5S/c1-27-18-8-5-14(33(29,30)26-17-7-9-21(31-2)25-22(17)32-3)11-16(18)15-6-4-13(10-19(15)27)24-20(28)12-23/h4-11,26H,12,23H2,1-3H3,(H,24,28). The largest absolute Gasteiger partial charge is 0.481 e. The predicted molar refractivity (Wildman–Crippen MR) is 126 cm³/mol. The summed E-state index contributed by atoms with van der Waals surface area (Å²) in [5.41, 5.74) is 7.85. The van der Waals surface area contributed by atoms with Gasteiger partial charge < -0.3 is 25.1 Å². The van der Waals surface area contributed by atoms with Crippen molar-refractivity contribution >= 4 is 49.1 Å². The minimum Gasteiger partial charge on any atom is -0.481 e. The number of carbonyl (C=O) groups excluding carboxylic acids is 1. The lowest BCUT2D eigenvalue weighted by molar-refractivity contribution is -0.114. The van der Waals surface area contributed by atoms with E-state index in [1.165, 1.54) is 32.4 Å². The summed E-state index contributed by atoms with van der Waals surface area (Å²) in [5, 5.41) is 4.33. The summed E-state index contributed by atoms with van der Waals surface area (Å²) in [4.78, 5) is 15.8. The molecule has 4 aromatic rings. The number of aromatic nitrogens is 2. The fourth-order valence-electron chi connectivity index (χ4n) is 3.62. The van der Waals surface area contributed by atoms with E-state index in [1.54, 1.807) is 18.2 Å². The minimum absolute atomic E-state index is 0.0842. The summed E-state index contributed by atoms with van der Waals surface area (Å²) in [5.74, 6) is 0.0984. The molecule has 0 saturated carbocycles. The number of sulfonamides is 1. The zero-order valence-corrected chi connectivity index (χ0v) is 19.1. The molecule has 0 aliphatic rings. The number of nitrogens with one attached hydrogen (secondary N) is 2. The Morgan fingerprint density at radius 2 is 1.82 bits per heavy atom. The lowest BCUT2D eigenvalue weighted by Gasteiger charge is -2.12. The van der Waals surface area contributed by atoms with Gasteiger partial charge in [0.15, 0.2) is 0 Å². The summed E-state index contributed by atoms with van der Waals surface area (Å²) in [7, 11) is 0.793. The van der Waals surface area contributed by atoms with Crippen LogP contribution in [0.3, 0.4) is 0 Å². The van der Waals surface area contributed by atoms with Crippen molar-refractivity contribution in [3.05, 3.63) is 48.5 Å². The topological polar surface area (TPSA) is 138 Å². The average Bonchev–Trinajstić information content (AvgIpc) is 3.10. The number of amides is 1. The molecule has 11 heteroatoms. The lowest BCUT2D eigenvalue weighted by Crippen LogP contribution is -2.21. The quantitative estimate of drug-likeness (QED) is 0.378. The van der Waals surface area contributed by atoms with Crippen LogP contribution in [-0.2, 0) is 21.9 Å². The predicted octanol–water partition coefficient (Wildman–Crippen LogP) is 2.44. The average molecular weight is 470 g/mol. The Kier molecular flexibility index (Phi) is 5.83. The van der Waals surface area contributed by atoms with Gasteiger partial charge in [0, 0.05) is 35.1 Å². The second kappa shape index (κ2) is 8.60. The number of hydrogen-bond acceptors (Lipinski definition) is 7. The highest BCUT2D eigenvalue weighted by atomic mass is 32.2. The van der Waals surface area contributed by atoms with E-state index in [2.05, 4.69) is 15.0 Å². The number of carbonyl (C=O) groups is 1. The van der Waals surface area contributed by atoms with Gasteiger partial charge in [-0.15, -0.1) is 0 Å². The first-order valence-electron chi connectivity index (χ1n) is 9.91. The van der Waals surface area contributed by atoms with Gasteiger partial charge >= 0.3 is 0 Å². The molecule has 0 fully saturated rings. The fourth-order valence-corrected chi connectivity index (χ4v) is 4.70. The van der Waals surface area contributed by atoms with Gasteiger partial charge in [0.05, 0.1) is 31.2 Å². The molecule has 2 aromatic heterocycles. The first-order valence-corrected chi connectivity index (χ1v) is 11.4. The van der Waals surface area contributed by atoms with Crippen LogP contribution in [0.2, 0.25) is 0 Å². The highest BCUT2D eigenvalue weighted by molar-refractivity contribution is 7.92. The zero-order valence-electron chi connectivity index (χ0n) is 18.2. The Hall–Kier alpha value is -3.83. The van der Waals surface area contributed by atoms with Gasteiger partial charge in [-0.3, -0.25) is 9.52 Å². The number of pyridine rings is 1. The van der Waals surface area contributed by atoms with Crippen LogP contribution < -0.4 is 25.2 Å². The second-order valence-corrected chi connectivity index (χ2v) is 8.92. The number of hydrogen-bond donors (Lipinski definition) is 3. The van der Waals surface area contributed by atoms with Crippen LogP contribution in [0.5, 0.6) is 11.8 Å². The van der Waals surface area contributed by atoms with E-state index in [4.69, 9.17) is 15.2 Å². The molecule has 1 amide bonds. The molecule has 0 bridgehead atoms. The van der Waals surface area contributed by atoms with Gasteiger partial charge in [-0.05, 0) is 36.4 Å². The summed E-state index contributed by atoms with van der Waals surface area (Å²) in [6, 6.07) is 13.4. The number of aryl methyl sites for hydroxylation is 1. The van der Waals surface area contributed by atoms with E-state index >= 15 is 0 Å². The monoisotopic (exact) mass is 469 g/mol. The fraction of sp³-hybridized carbons (Fsp3) is 0.182. The van der Waals surface area contributed by atoms with E-state index in [1.807, 2.05) is 23.7 Å². The first kappa shape index (κ1) is 22.4. The van der Waals surface area contributed by atoms with Gasteiger partial charge in [0.2, 0.25) is 17.7 Å². The van der Waals surface area contributed by atoms with Crippen LogP contribution >= 0.6 is 0 Å². The highest BCUT2D eigenvalue weighted by Crippen LogP contribution is 2.33. The molecular formula is C22H23N5O5S. The Bertz CT molecular complexity index is 1480. The SMILES string of the molecule is COc1ccc(NS(=O)(=O)c2ccc3c(c2)c2ccc(NC(=O)CN)cc2n3C)c(OC)n1. The van der Waals surface area contributed by atoms with Crippen molar-refractivity contribution in [2.75, 3.05) is 30.8 Å². The maximum Gasteiger partial charge on any atom is 0.262 e. The molecule has 4 rings (SSSR count). The van der Waals surface area contributed by atoms with Crippen molar-refractivity contribution in [3.8, 4) is 11.8 Å². The van der Waals surface area contributed by atoms with Gasteiger partial charge in [-0.25, -0.2) is 8.42 Å². The number of anilines is 2. The Morgan fingerprint density at radius 3 is 2.52 bits per heavy atom. The Labute approximate surface area is 190 Å². The third-order valence-corrected chi connectivity index (χ3v) is 6.60. The first-order chi connectivity index (χ1) is 15.8.